The van der Waals surface area contributed by atoms with Gasteiger partial charge in [0.2, 0.25) is 10.0 Å². The molecule has 0 radical (unpaired) electrons. The first kappa shape index (κ1) is 17.5. The Labute approximate surface area is 139 Å². The van der Waals surface area contributed by atoms with E-state index in [2.05, 4.69) is 10.0 Å². The quantitative estimate of drug-likeness (QED) is 0.832. The number of nitrogens with one attached hydrogen (secondary N) is 2. The molecule has 23 heavy (non-hydrogen) atoms. The van der Waals surface area contributed by atoms with E-state index in [1.54, 1.807) is 26.0 Å². The standard InChI is InChI=1S/C15H17ClN2O4S/c1-10(2)18-23(20,21)12-5-6-14(16)13(8-12)15(19)17-9-11-4-3-7-22-11/h3-8,10,18H,9H2,1-2H3,(H,17,19). The largest absolute Gasteiger partial charge is 0.467 e. The average molecular weight is 357 g/mol. The Morgan fingerprint density at radius 2 is 2.04 bits per heavy atom. The molecule has 1 amide bonds. The molecule has 0 aliphatic heterocycles. The molecular weight excluding hydrogens is 340 g/mol. The summed E-state index contributed by atoms with van der Waals surface area (Å²) in [7, 11) is -3.70. The molecule has 2 rings (SSSR count). The van der Waals surface area contributed by atoms with Crippen LogP contribution in [0.4, 0.5) is 0 Å². The summed E-state index contributed by atoms with van der Waals surface area (Å²) in [6.07, 6.45) is 1.50. The number of furan rings is 1. The number of benzene rings is 1. The first-order valence-corrected chi connectivity index (χ1v) is 8.78. The minimum absolute atomic E-state index is 0.0150. The van der Waals surface area contributed by atoms with E-state index < -0.39 is 15.9 Å². The molecule has 124 valence electrons. The molecule has 0 saturated heterocycles. The second-order valence-electron chi connectivity index (χ2n) is 5.18. The van der Waals surface area contributed by atoms with Crippen LogP contribution in [0.25, 0.3) is 0 Å². The van der Waals surface area contributed by atoms with Crippen molar-refractivity contribution in [1.29, 1.82) is 0 Å². The predicted octanol–water partition coefficient (Wildman–Crippen LogP) is 2.55. The van der Waals surface area contributed by atoms with Crippen LogP contribution in [0.5, 0.6) is 0 Å². The van der Waals surface area contributed by atoms with Gasteiger partial charge in [-0.05, 0) is 44.2 Å². The molecule has 0 aliphatic rings. The van der Waals surface area contributed by atoms with Crippen LogP contribution in [0.1, 0.15) is 30.0 Å². The third-order valence-electron chi connectivity index (χ3n) is 2.89. The van der Waals surface area contributed by atoms with E-state index in [9.17, 15) is 13.2 Å². The van der Waals surface area contributed by atoms with Gasteiger partial charge in [-0.25, -0.2) is 13.1 Å². The van der Waals surface area contributed by atoms with Crippen LogP contribution in [0, 0.1) is 0 Å². The number of hydrogen-bond donors (Lipinski definition) is 2. The molecule has 2 N–H and O–H groups in total. The van der Waals surface area contributed by atoms with Gasteiger partial charge in [0.25, 0.3) is 5.91 Å². The Kier molecular flexibility index (Phi) is 5.46. The zero-order chi connectivity index (χ0) is 17.0. The molecule has 2 aromatic rings. The van der Waals surface area contributed by atoms with Gasteiger partial charge in [0.1, 0.15) is 5.76 Å². The van der Waals surface area contributed by atoms with Crippen LogP contribution in [-0.4, -0.2) is 20.4 Å². The van der Waals surface area contributed by atoms with Crippen molar-refractivity contribution in [2.24, 2.45) is 0 Å². The fourth-order valence-electron chi connectivity index (χ4n) is 1.90. The molecule has 8 heteroatoms. The molecule has 0 bridgehead atoms. The number of hydrogen-bond acceptors (Lipinski definition) is 4. The summed E-state index contributed by atoms with van der Waals surface area (Å²) >= 11 is 6.01. The normalized spacial score (nSPS) is 11.7. The maximum Gasteiger partial charge on any atom is 0.253 e. The maximum absolute atomic E-state index is 12.2. The highest BCUT2D eigenvalue weighted by molar-refractivity contribution is 7.89. The Bertz CT molecular complexity index is 786. The summed E-state index contributed by atoms with van der Waals surface area (Å²) in [4.78, 5) is 12.2. The molecule has 0 saturated carbocycles. The van der Waals surface area contributed by atoms with E-state index >= 15 is 0 Å². The van der Waals surface area contributed by atoms with Crippen molar-refractivity contribution < 1.29 is 17.6 Å². The lowest BCUT2D eigenvalue weighted by atomic mass is 10.2. The van der Waals surface area contributed by atoms with Gasteiger partial charge in [-0.3, -0.25) is 4.79 Å². The number of amides is 1. The number of rotatable bonds is 6. The van der Waals surface area contributed by atoms with Crippen molar-refractivity contribution in [3.8, 4) is 0 Å². The van der Waals surface area contributed by atoms with Crippen molar-refractivity contribution in [1.82, 2.24) is 10.0 Å². The highest BCUT2D eigenvalue weighted by Crippen LogP contribution is 2.21. The second-order valence-corrected chi connectivity index (χ2v) is 7.30. The summed E-state index contributed by atoms with van der Waals surface area (Å²) in [6.45, 7) is 3.61. The minimum atomic E-state index is -3.70. The van der Waals surface area contributed by atoms with Gasteiger partial charge >= 0.3 is 0 Å². The highest BCUT2D eigenvalue weighted by Gasteiger charge is 2.19. The van der Waals surface area contributed by atoms with Crippen LogP contribution in [-0.2, 0) is 16.6 Å². The Morgan fingerprint density at radius 1 is 1.30 bits per heavy atom. The number of carbonyl (C=O) groups is 1. The van der Waals surface area contributed by atoms with E-state index in [1.807, 2.05) is 0 Å². The van der Waals surface area contributed by atoms with Crippen LogP contribution in [0.2, 0.25) is 5.02 Å². The van der Waals surface area contributed by atoms with E-state index in [-0.39, 0.29) is 28.1 Å². The number of halogens is 1. The van der Waals surface area contributed by atoms with Crippen LogP contribution in [0.15, 0.2) is 45.9 Å². The molecule has 0 fully saturated rings. The highest BCUT2D eigenvalue weighted by atomic mass is 35.5. The topological polar surface area (TPSA) is 88.4 Å². The third kappa shape index (κ3) is 4.57. The van der Waals surface area contributed by atoms with Gasteiger partial charge in [0.05, 0.1) is 28.3 Å². The van der Waals surface area contributed by atoms with Gasteiger partial charge in [-0.2, -0.15) is 0 Å². The summed E-state index contributed by atoms with van der Waals surface area (Å²) in [5, 5.41) is 2.80. The monoisotopic (exact) mass is 356 g/mol. The molecule has 0 spiro atoms. The van der Waals surface area contributed by atoms with Crippen molar-refractivity contribution in [3.05, 3.63) is 52.9 Å². The fourth-order valence-corrected chi connectivity index (χ4v) is 3.38. The van der Waals surface area contributed by atoms with Crippen molar-refractivity contribution in [3.63, 3.8) is 0 Å². The first-order valence-electron chi connectivity index (χ1n) is 6.92. The smallest absolute Gasteiger partial charge is 0.253 e. The minimum Gasteiger partial charge on any atom is -0.467 e. The summed E-state index contributed by atoms with van der Waals surface area (Å²) in [5.74, 6) is 0.104. The van der Waals surface area contributed by atoms with Gasteiger partial charge in [0.15, 0.2) is 0 Å². The molecule has 0 aliphatic carbocycles. The molecule has 0 atom stereocenters. The summed E-state index contributed by atoms with van der Waals surface area (Å²) in [6, 6.07) is 7.17. The lowest BCUT2D eigenvalue weighted by Crippen LogP contribution is -2.30. The maximum atomic E-state index is 12.2. The van der Waals surface area contributed by atoms with Gasteiger partial charge in [0, 0.05) is 6.04 Å². The van der Waals surface area contributed by atoms with Gasteiger partial charge in [-0.1, -0.05) is 11.6 Å². The van der Waals surface area contributed by atoms with Crippen molar-refractivity contribution in [2.75, 3.05) is 0 Å². The zero-order valence-corrected chi connectivity index (χ0v) is 14.2. The fraction of sp³-hybridized carbons (Fsp3) is 0.267. The first-order chi connectivity index (χ1) is 10.8. The molecule has 1 aromatic carbocycles. The van der Waals surface area contributed by atoms with E-state index in [0.29, 0.717) is 5.76 Å². The van der Waals surface area contributed by atoms with Crippen LogP contribution in [0.3, 0.4) is 0 Å². The van der Waals surface area contributed by atoms with E-state index in [1.165, 1.54) is 24.5 Å². The molecule has 1 aromatic heterocycles. The SMILES string of the molecule is CC(C)NS(=O)(=O)c1ccc(Cl)c(C(=O)NCc2ccco2)c1. The van der Waals surface area contributed by atoms with Crippen LogP contribution < -0.4 is 10.0 Å². The summed E-state index contributed by atoms with van der Waals surface area (Å²) < 4.78 is 31.9. The zero-order valence-electron chi connectivity index (χ0n) is 12.7. The lowest BCUT2D eigenvalue weighted by molar-refractivity contribution is 0.0948. The molecule has 0 unspecified atom stereocenters. The van der Waals surface area contributed by atoms with E-state index in [0.717, 1.165) is 0 Å². The summed E-state index contributed by atoms with van der Waals surface area (Å²) in [5.41, 5.74) is 0.0878. The second kappa shape index (κ2) is 7.16. The third-order valence-corrected chi connectivity index (χ3v) is 4.87. The van der Waals surface area contributed by atoms with Crippen molar-refractivity contribution >= 4 is 27.5 Å². The number of carbonyl (C=O) groups excluding carboxylic acids is 1. The predicted molar refractivity (Wildman–Crippen MR) is 86.8 cm³/mol. The van der Waals surface area contributed by atoms with E-state index in [4.69, 9.17) is 16.0 Å². The molecule has 6 nitrogen and oxygen atoms in total. The molecular formula is C15H17ClN2O4S. The lowest BCUT2D eigenvalue weighted by Gasteiger charge is -2.11. The van der Waals surface area contributed by atoms with Gasteiger partial charge in [-0.15, -0.1) is 0 Å². The van der Waals surface area contributed by atoms with Crippen LogP contribution >= 0.6 is 11.6 Å². The molecule has 1 heterocycles. The van der Waals surface area contributed by atoms with Gasteiger partial charge < -0.3 is 9.73 Å². The average Bonchev–Trinajstić information content (AvgIpc) is 2.97. The van der Waals surface area contributed by atoms with Crippen molar-refractivity contribution in [2.45, 2.75) is 31.3 Å². The Balaban J connectivity index is 2.21. The Hall–Kier alpha value is -1.83. The Morgan fingerprint density at radius 3 is 2.65 bits per heavy atom. The number of sulfonamides is 1.